The third-order valence-corrected chi connectivity index (χ3v) is 5.66. The van der Waals surface area contributed by atoms with Crippen molar-refractivity contribution < 1.29 is 9.59 Å². The highest BCUT2D eigenvalue weighted by Crippen LogP contribution is 2.21. The average Bonchev–Trinajstić information content (AvgIpc) is 2.74. The van der Waals surface area contributed by atoms with Crippen molar-refractivity contribution in [2.75, 3.05) is 45.8 Å². The number of rotatable bonds is 5. The first-order valence-corrected chi connectivity index (χ1v) is 10.2. The molecule has 2 saturated heterocycles. The summed E-state index contributed by atoms with van der Waals surface area (Å²) in [6.45, 7) is 7.76. The second-order valence-electron chi connectivity index (χ2n) is 7.45. The normalized spacial score (nSPS) is 19.6. The summed E-state index contributed by atoms with van der Waals surface area (Å²) in [5, 5.41) is 0. The molecule has 0 atom stereocenters. The van der Waals surface area contributed by atoms with Crippen LogP contribution in [0.5, 0.6) is 0 Å². The zero-order valence-corrected chi connectivity index (χ0v) is 16.3. The smallest absolute Gasteiger partial charge is 0.225 e. The topological polar surface area (TPSA) is 43.9 Å². The highest BCUT2D eigenvalue weighted by molar-refractivity contribution is 5.80. The van der Waals surface area contributed by atoms with Crippen LogP contribution in [0.25, 0.3) is 6.08 Å². The van der Waals surface area contributed by atoms with Gasteiger partial charge in [-0.05, 0) is 18.4 Å². The summed E-state index contributed by atoms with van der Waals surface area (Å²) in [5.74, 6) is 0.589. The van der Waals surface area contributed by atoms with Crippen LogP contribution in [-0.4, -0.2) is 72.3 Å². The molecule has 0 spiro atoms. The highest BCUT2D eigenvalue weighted by atomic mass is 16.2. The molecule has 27 heavy (non-hydrogen) atoms. The largest absolute Gasteiger partial charge is 0.343 e. The molecule has 2 fully saturated rings. The molecular formula is C22H31N3O2. The van der Waals surface area contributed by atoms with Crippen LogP contribution in [0.3, 0.4) is 0 Å². The molecule has 5 heteroatoms. The summed E-state index contributed by atoms with van der Waals surface area (Å²) >= 11 is 0. The zero-order chi connectivity index (χ0) is 19.1. The van der Waals surface area contributed by atoms with E-state index in [1.165, 1.54) is 5.56 Å². The van der Waals surface area contributed by atoms with Gasteiger partial charge in [-0.15, -0.1) is 0 Å². The number of likely N-dealkylation sites (tertiary alicyclic amines) is 1. The molecule has 0 aromatic heterocycles. The molecule has 0 unspecified atom stereocenters. The molecule has 146 valence electrons. The maximum absolute atomic E-state index is 12.8. The van der Waals surface area contributed by atoms with E-state index in [-0.39, 0.29) is 17.7 Å². The summed E-state index contributed by atoms with van der Waals surface area (Å²) < 4.78 is 0. The summed E-state index contributed by atoms with van der Waals surface area (Å²) in [5.41, 5.74) is 1.22. The first-order chi connectivity index (χ1) is 13.2. The highest BCUT2D eigenvalue weighted by Gasteiger charge is 2.31. The molecule has 3 rings (SSSR count). The number of benzene rings is 1. The number of piperazine rings is 1. The van der Waals surface area contributed by atoms with Crippen molar-refractivity contribution in [1.82, 2.24) is 14.7 Å². The molecule has 1 aromatic rings. The quantitative estimate of drug-likeness (QED) is 0.801. The van der Waals surface area contributed by atoms with Gasteiger partial charge in [-0.3, -0.25) is 14.5 Å². The number of hydrogen-bond acceptors (Lipinski definition) is 3. The lowest BCUT2D eigenvalue weighted by Gasteiger charge is -2.38. The van der Waals surface area contributed by atoms with Gasteiger partial charge < -0.3 is 9.80 Å². The Bertz CT molecular complexity index is 643. The Morgan fingerprint density at radius 2 is 1.63 bits per heavy atom. The predicted octanol–water partition coefficient (Wildman–Crippen LogP) is 2.49. The van der Waals surface area contributed by atoms with Crippen molar-refractivity contribution >= 4 is 17.9 Å². The molecule has 2 aliphatic rings. The molecule has 0 aliphatic carbocycles. The van der Waals surface area contributed by atoms with Gasteiger partial charge in [-0.2, -0.15) is 0 Å². The minimum Gasteiger partial charge on any atom is -0.343 e. The van der Waals surface area contributed by atoms with Crippen molar-refractivity contribution in [1.29, 1.82) is 0 Å². The van der Waals surface area contributed by atoms with Gasteiger partial charge in [0.1, 0.15) is 0 Å². The molecule has 0 radical (unpaired) electrons. The van der Waals surface area contributed by atoms with Crippen molar-refractivity contribution in [2.24, 2.45) is 5.92 Å². The van der Waals surface area contributed by atoms with Gasteiger partial charge in [0.05, 0.1) is 0 Å². The maximum atomic E-state index is 12.8. The van der Waals surface area contributed by atoms with Crippen molar-refractivity contribution in [3.8, 4) is 0 Å². The fourth-order valence-electron chi connectivity index (χ4n) is 3.91. The minimum absolute atomic E-state index is 0.0930. The Morgan fingerprint density at radius 3 is 2.26 bits per heavy atom. The molecule has 5 nitrogen and oxygen atoms in total. The van der Waals surface area contributed by atoms with Crippen LogP contribution in [-0.2, 0) is 9.59 Å². The number of amides is 2. The summed E-state index contributed by atoms with van der Waals surface area (Å²) in [6, 6.07) is 10.3. The van der Waals surface area contributed by atoms with Crippen molar-refractivity contribution in [3.63, 3.8) is 0 Å². The van der Waals surface area contributed by atoms with E-state index >= 15 is 0 Å². The Hall–Kier alpha value is -2.14. The van der Waals surface area contributed by atoms with Gasteiger partial charge >= 0.3 is 0 Å². The van der Waals surface area contributed by atoms with E-state index < -0.39 is 0 Å². The number of carbonyl (C=O) groups is 2. The lowest BCUT2D eigenvalue weighted by Crippen LogP contribution is -2.51. The summed E-state index contributed by atoms with van der Waals surface area (Å²) in [7, 11) is 0. The van der Waals surface area contributed by atoms with E-state index in [0.29, 0.717) is 6.42 Å². The van der Waals surface area contributed by atoms with Crippen LogP contribution in [0.2, 0.25) is 0 Å². The van der Waals surface area contributed by atoms with Crippen molar-refractivity contribution in [3.05, 3.63) is 42.0 Å². The Kier molecular flexibility index (Phi) is 7.04. The van der Waals surface area contributed by atoms with Gasteiger partial charge in [-0.25, -0.2) is 0 Å². The lowest BCUT2D eigenvalue weighted by atomic mass is 9.94. The molecular weight excluding hydrogens is 338 g/mol. The Balaban J connectivity index is 1.39. The number of hydrogen-bond donors (Lipinski definition) is 0. The number of carbonyl (C=O) groups excluding carboxylic acids is 2. The SMILES string of the molecule is CCC(=O)N1CCC(C(=O)N2CCN(C/C=C/c3ccccc3)CC2)CC1. The molecule has 2 amide bonds. The zero-order valence-electron chi connectivity index (χ0n) is 16.3. The van der Waals surface area contributed by atoms with Gasteiger partial charge in [0.2, 0.25) is 11.8 Å². The lowest BCUT2D eigenvalue weighted by molar-refractivity contribution is -0.141. The number of piperidine rings is 1. The second-order valence-corrected chi connectivity index (χ2v) is 7.45. The Morgan fingerprint density at radius 1 is 0.963 bits per heavy atom. The van der Waals surface area contributed by atoms with Crippen LogP contribution < -0.4 is 0 Å². The molecule has 0 bridgehead atoms. The molecule has 1 aromatic carbocycles. The first-order valence-electron chi connectivity index (χ1n) is 10.2. The number of nitrogens with zero attached hydrogens (tertiary/aromatic N) is 3. The van der Waals surface area contributed by atoms with E-state index in [1.54, 1.807) is 0 Å². The van der Waals surface area contributed by atoms with Gasteiger partial charge in [0, 0.05) is 58.2 Å². The average molecular weight is 370 g/mol. The van der Waals surface area contributed by atoms with Crippen LogP contribution >= 0.6 is 0 Å². The second kappa shape index (κ2) is 9.70. The van der Waals surface area contributed by atoms with Gasteiger partial charge in [0.15, 0.2) is 0 Å². The van der Waals surface area contributed by atoms with Gasteiger partial charge in [0.25, 0.3) is 0 Å². The molecule has 0 N–H and O–H groups in total. The van der Waals surface area contributed by atoms with E-state index in [9.17, 15) is 9.59 Å². The molecule has 2 aliphatic heterocycles. The van der Waals surface area contributed by atoms with E-state index in [0.717, 1.165) is 58.7 Å². The summed E-state index contributed by atoms with van der Waals surface area (Å²) in [4.78, 5) is 30.9. The van der Waals surface area contributed by atoms with Crippen LogP contribution in [0, 0.1) is 5.92 Å². The van der Waals surface area contributed by atoms with Crippen LogP contribution in [0.15, 0.2) is 36.4 Å². The molecule has 2 heterocycles. The monoisotopic (exact) mass is 369 g/mol. The third-order valence-electron chi connectivity index (χ3n) is 5.66. The standard InChI is InChI=1S/C22H31N3O2/c1-2-21(26)24-13-10-20(11-14-24)22(27)25-17-15-23(16-18-25)12-6-9-19-7-4-3-5-8-19/h3-9,20H,2,10-18H2,1H3/b9-6+. The van der Waals surface area contributed by atoms with Crippen LogP contribution in [0.1, 0.15) is 31.7 Å². The van der Waals surface area contributed by atoms with E-state index in [1.807, 2.05) is 34.9 Å². The van der Waals surface area contributed by atoms with E-state index in [4.69, 9.17) is 0 Å². The fraction of sp³-hybridized carbons (Fsp3) is 0.545. The maximum Gasteiger partial charge on any atom is 0.225 e. The van der Waals surface area contributed by atoms with Crippen LogP contribution in [0.4, 0.5) is 0 Å². The fourth-order valence-corrected chi connectivity index (χ4v) is 3.91. The third kappa shape index (κ3) is 5.42. The van der Waals surface area contributed by atoms with Crippen molar-refractivity contribution in [2.45, 2.75) is 26.2 Å². The van der Waals surface area contributed by atoms with Gasteiger partial charge in [-0.1, -0.05) is 49.4 Å². The minimum atomic E-state index is 0.0930. The first kappa shape index (κ1) is 19.6. The molecule has 0 saturated carbocycles. The predicted molar refractivity (Wildman–Crippen MR) is 108 cm³/mol. The Labute approximate surface area is 162 Å². The van der Waals surface area contributed by atoms with E-state index in [2.05, 4.69) is 29.2 Å². The summed E-state index contributed by atoms with van der Waals surface area (Å²) in [6.07, 6.45) is 6.53.